The summed E-state index contributed by atoms with van der Waals surface area (Å²) in [5.74, 6) is -0.892. The zero-order chi connectivity index (χ0) is 14.0. The van der Waals surface area contributed by atoms with Crippen LogP contribution >= 0.6 is 0 Å². The lowest BCUT2D eigenvalue weighted by Gasteiger charge is -2.08. The van der Waals surface area contributed by atoms with Crippen molar-refractivity contribution < 1.29 is 21.2 Å². The van der Waals surface area contributed by atoms with Crippen molar-refractivity contribution in [2.45, 2.75) is 0 Å². The predicted octanol–water partition coefficient (Wildman–Crippen LogP) is 0.441. The minimum absolute atomic E-state index is 0.291. The normalized spacial score (nSPS) is 11.8. The van der Waals surface area contributed by atoms with E-state index in [1.54, 1.807) is 0 Å². The number of rotatable bonds is 4. The standard InChI is InChI=1S/C9H9FN2O4S2/c1-17(13,14)6-18(15,16)12-9-4-2-3-8(10)7(9)5-11/h2-4,12H,6H2,1H3. The van der Waals surface area contributed by atoms with Crippen molar-refractivity contribution in [1.29, 1.82) is 5.26 Å². The first kappa shape index (κ1) is 14.4. The smallest absolute Gasteiger partial charge is 0.247 e. The van der Waals surface area contributed by atoms with Crippen LogP contribution in [0.4, 0.5) is 10.1 Å². The predicted molar refractivity (Wildman–Crippen MR) is 63.4 cm³/mol. The monoisotopic (exact) mass is 292 g/mol. The number of nitrogens with one attached hydrogen (secondary N) is 1. The van der Waals surface area contributed by atoms with Gasteiger partial charge < -0.3 is 0 Å². The number of anilines is 1. The minimum Gasteiger partial charge on any atom is -0.281 e. The average Bonchev–Trinajstić information content (AvgIpc) is 2.13. The first-order valence-electron chi connectivity index (χ1n) is 4.51. The molecule has 9 heteroatoms. The fourth-order valence-corrected chi connectivity index (χ4v) is 4.20. The molecule has 6 nitrogen and oxygen atoms in total. The fourth-order valence-electron chi connectivity index (χ4n) is 1.20. The molecule has 0 aromatic heterocycles. The molecule has 0 saturated carbocycles. The van der Waals surface area contributed by atoms with Gasteiger partial charge in [0.25, 0.3) is 0 Å². The van der Waals surface area contributed by atoms with Crippen LogP contribution in [0.3, 0.4) is 0 Å². The third kappa shape index (κ3) is 3.97. The Morgan fingerprint density at radius 2 is 1.94 bits per heavy atom. The first-order valence-corrected chi connectivity index (χ1v) is 8.23. The van der Waals surface area contributed by atoms with Crippen molar-refractivity contribution in [2.75, 3.05) is 16.1 Å². The van der Waals surface area contributed by atoms with E-state index in [4.69, 9.17) is 5.26 Å². The highest BCUT2D eigenvalue weighted by Gasteiger charge is 2.20. The van der Waals surface area contributed by atoms with Crippen LogP contribution in [-0.2, 0) is 19.9 Å². The van der Waals surface area contributed by atoms with Crippen molar-refractivity contribution in [2.24, 2.45) is 0 Å². The molecule has 98 valence electrons. The Labute approximate surface area is 104 Å². The Balaban J connectivity index is 3.14. The van der Waals surface area contributed by atoms with Crippen molar-refractivity contribution in [3.8, 4) is 6.07 Å². The molecule has 0 radical (unpaired) electrons. The SMILES string of the molecule is CS(=O)(=O)CS(=O)(=O)Nc1cccc(F)c1C#N. The van der Waals surface area contributed by atoms with E-state index in [0.29, 0.717) is 0 Å². The Kier molecular flexibility index (Phi) is 3.93. The van der Waals surface area contributed by atoms with Crippen LogP contribution < -0.4 is 4.72 Å². The first-order chi connectivity index (χ1) is 8.14. The number of halogens is 1. The van der Waals surface area contributed by atoms with E-state index in [2.05, 4.69) is 0 Å². The Hall–Kier alpha value is -1.66. The lowest BCUT2D eigenvalue weighted by Crippen LogP contribution is -2.22. The molecule has 0 amide bonds. The van der Waals surface area contributed by atoms with Crippen LogP contribution in [-0.4, -0.2) is 28.2 Å². The van der Waals surface area contributed by atoms with Gasteiger partial charge in [-0.3, -0.25) is 4.72 Å². The molecule has 0 atom stereocenters. The van der Waals surface area contributed by atoms with Gasteiger partial charge in [0.2, 0.25) is 10.0 Å². The van der Waals surface area contributed by atoms with Crippen LogP contribution in [0.1, 0.15) is 5.56 Å². The van der Waals surface area contributed by atoms with Crippen LogP contribution in [0.25, 0.3) is 0 Å². The molecule has 1 aromatic carbocycles. The maximum Gasteiger partial charge on any atom is 0.247 e. The molecule has 18 heavy (non-hydrogen) atoms. The molecule has 1 aromatic rings. The topological polar surface area (TPSA) is 104 Å². The summed E-state index contributed by atoms with van der Waals surface area (Å²) in [7, 11) is -7.96. The van der Waals surface area contributed by atoms with E-state index in [1.807, 2.05) is 4.72 Å². The summed E-state index contributed by atoms with van der Waals surface area (Å²) < 4.78 is 59.8. The summed E-state index contributed by atoms with van der Waals surface area (Å²) in [6.07, 6.45) is 0.753. The molecule has 0 aliphatic carbocycles. The number of hydrogen-bond donors (Lipinski definition) is 1. The van der Waals surface area contributed by atoms with Gasteiger partial charge in [0.15, 0.2) is 14.9 Å². The lowest BCUT2D eigenvalue weighted by molar-refractivity contribution is 0.595. The summed E-state index contributed by atoms with van der Waals surface area (Å²) in [4.78, 5) is 0. The fraction of sp³-hybridized carbons (Fsp3) is 0.222. The van der Waals surface area contributed by atoms with Crippen molar-refractivity contribution in [1.82, 2.24) is 0 Å². The van der Waals surface area contributed by atoms with Crippen molar-refractivity contribution >= 4 is 25.5 Å². The Morgan fingerprint density at radius 1 is 1.33 bits per heavy atom. The average molecular weight is 292 g/mol. The highest BCUT2D eigenvalue weighted by molar-refractivity contribution is 8.08. The molecular formula is C9H9FN2O4S2. The minimum atomic E-state index is -4.20. The van der Waals surface area contributed by atoms with Gasteiger partial charge in [-0.2, -0.15) is 5.26 Å². The number of sulfone groups is 1. The molecule has 1 N–H and O–H groups in total. The zero-order valence-corrected chi connectivity index (χ0v) is 10.8. The molecular weight excluding hydrogens is 283 g/mol. The summed E-state index contributed by atoms with van der Waals surface area (Å²) >= 11 is 0. The molecule has 0 unspecified atom stereocenters. The van der Waals surface area contributed by atoms with E-state index in [0.717, 1.165) is 12.3 Å². The van der Waals surface area contributed by atoms with Gasteiger partial charge >= 0.3 is 0 Å². The molecule has 0 bridgehead atoms. The Morgan fingerprint density at radius 3 is 2.44 bits per heavy atom. The molecule has 0 fully saturated rings. The van der Waals surface area contributed by atoms with Gasteiger partial charge in [0.05, 0.1) is 5.69 Å². The van der Waals surface area contributed by atoms with Crippen molar-refractivity contribution in [3.63, 3.8) is 0 Å². The summed E-state index contributed by atoms with van der Waals surface area (Å²) in [6.45, 7) is 0. The molecule has 0 heterocycles. The van der Waals surface area contributed by atoms with Gasteiger partial charge in [0, 0.05) is 6.26 Å². The quantitative estimate of drug-likeness (QED) is 0.867. The molecule has 0 saturated heterocycles. The molecule has 0 aliphatic rings. The van der Waals surface area contributed by atoms with E-state index in [-0.39, 0.29) is 5.69 Å². The van der Waals surface area contributed by atoms with Gasteiger partial charge in [-0.15, -0.1) is 0 Å². The molecule has 0 aliphatic heterocycles. The Bertz CT molecular complexity index is 705. The summed E-state index contributed by atoms with van der Waals surface area (Å²) in [6, 6.07) is 4.86. The highest BCUT2D eigenvalue weighted by Crippen LogP contribution is 2.19. The van der Waals surface area contributed by atoms with Crippen LogP contribution in [0, 0.1) is 17.1 Å². The second-order valence-corrected chi connectivity index (χ2v) is 7.76. The van der Waals surface area contributed by atoms with Gasteiger partial charge in [0.1, 0.15) is 17.4 Å². The second kappa shape index (κ2) is 4.91. The number of nitrogens with zero attached hydrogens (tertiary/aromatic N) is 1. The van der Waals surface area contributed by atoms with Crippen LogP contribution in [0.2, 0.25) is 0 Å². The molecule has 0 spiro atoms. The van der Waals surface area contributed by atoms with E-state index >= 15 is 0 Å². The van der Waals surface area contributed by atoms with Crippen molar-refractivity contribution in [3.05, 3.63) is 29.6 Å². The van der Waals surface area contributed by atoms with E-state index in [9.17, 15) is 21.2 Å². The molecule has 1 rings (SSSR count). The third-order valence-electron chi connectivity index (χ3n) is 1.76. The van der Waals surface area contributed by atoms with Crippen LogP contribution in [0.5, 0.6) is 0 Å². The van der Waals surface area contributed by atoms with Crippen LogP contribution in [0.15, 0.2) is 18.2 Å². The largest absolute Gasteiger partial charge is 0.281 e. The maximum absolute atomic E-state index is 13.2. The highest BCUT2D eigenvalue weighted by atomic mass is 32.3. The number of hydrogen-bond acceptors (Lipinski definition) is 5. The lowest BCUT2D eigenvalue weighted by atomic mass is 10.2. The van der Waals surface area contributed by atoms with Gasteiger partial charge in [-0.1, -0.05) is 6.07 Å². The second-order valence-electron chi connectivity index (χ2n) is 3.53. The van der Waals surface area contributed by atoms with Gasteiger partial charge in [-0.25, -0.2) is 21.2 Å². The summed E-state index contributed by atoms with van der Waals surface area (Å²) in [5, 5.41) is 7.55. The van der Waals surface area contributed by atoms with E-state index in [1.165, 1.54) is 18.2 Å². The van der Waals surface area contributed by atoms with Gasteiger partial charge in [-0.05, 0) is 12.1 Å². The maximum atomic E-state index is 13.2. The summed E-state index contributed by atoms with van der Waals surface area (Å²) in [5.41, 5.74) is -0.782. The third-order valence-corrected chi connectivity index (χ3v) is 5.24. The number of nitriles is 1. The zero-order valence-electron chi connectivity index (χ0n) is 9.21. The number of sulfonamides is 1. The number of benzene rings is 1. The van der Waals surface area contributed by atoms with E-state index < -0.39 is 36.3 Å².